The summed E-state index contributed by atoms with van der Waals surface area (Å²) in [6.45, 7) is 0.909. The van der Waals surface area contributed by atoms with Gasteiger partial charge in [0.05, 0.1) is 0 Å². The van der Waals surface area contributed by atoms with Gasteiger partial charge >= 0.3 is 0 Å². The molecule has 0 atom stereocenters. The molecule has 0 bridgehead atoms. The first kappa shape index (κ1) is 20.1. The minimum atomic E-state index is -0.115. The molecular formula is C24H30N2O2. The monoisotopic (exact) mass is 378 g/mol. The zero-order chi connectivity index (χ0) is 19.6. The van der Waals surface area contributed by atoms with Crippen molar-refractivity contribution >= 4 is 11.8 Å². The first-order chi connectivity index (χ1) is 13.7. The van der Waals surface area contributed by atoms with Crippen LogP contribution in [0.1, 0.15) is 55.3 Å². The van der Waals surface area contributed by atoms with Crippen LogP contribution in [0.5, 0.6) is 0 Å². The predicted molar refractivity (Wildman–Crippen MR) is 113 cm³/mol. The number of hydrogen-bond acceptors (Lipinski definition) is 2. The van der Waals surface area contributed by atoms with E-state index in [1.165, 1.54) is 32.1 Å². The molecule has 1 aliphatic rings. The summed E-state index contributed by atoms with van der Waals surface area (Å²) >= 11 is 0. The summed E-state index contributed by atoms with van der Waals surface area (Å²) in [5, 5.41) is 5.77. The Morgan fingerprint density at radius 3 is 2.14 bits per heavy atom. The Labute approximate surface area is 167 Å². The second-order valence-corrected chi connectivity index (χ2v) is 7.59. The van der Waals surface area contributed by atoms with Crippen LogP contribution in [-0.4, -0.2) is 24.9 Å². The van der Waals surface area contributed by atoms with E-state index in [9.17, 15) is 9.59 Å². The van der Waals surface area contributed by atoms with Gasteiger partial charge in [-0.2, -0.15) is 0 Å². The molecule has 28 heavy (non-hydrogen) atoms. The number of nitrogens with one attached hydrogen (secondary N) is 2. The van der Waals surface area contributed by atoms with Crippen LogP contribution in [0.4, 0.5) is 0 Å². The van der Waals surface area contributed by atoms with Crippen LogP contribution in [0.2, 0.25) is 0 Å². The maximum absolute atomic E-state index is 12.2. The molecule has 3 rings (SSSR count). The van der Waals surface area contributed by atoms with Gasteiger partial charge in [0.1, 0.15) is 0 Å². The molecular weight excluding hydrogens is 348 g/mol. The SMILES string of the molecule is O=C(CCC1CCCCC1)NCCNC(=O)c1ccc(-c2ccccc2)cc1. The molecule has 0 aliphatic heterocycles. The van der Waals surface area contributed by atoms with E-state index in [-0.39, 0.29) is 11.8 Å². The zero-order valence-electron chi connectivity index (χ0n) is 16.5. The van der Waals surface area contributed by atoms with E-state index in [0.717, 1.165) is 23.5 Å². The molecule has 0 unspecified atom stereocenters. The van der Waals surface area contributed by atoms with Gasteiger partial charge in [0.25, 0.3) is 5.91 Å². The highest BCUT2D eigenvalue weighted by atomic mass is 16.2. The van der Waals surface area contributed by atoms with Gasteiger partial charge in [-0.05, 0) is 35.6 Å². The summed E-state index contributed by atoms with van der Waals surface area (Å²) in [4.78, 5) is 24.2. The molecule has 148 valence electrons. The van der Waals surface area contributed by atoms with Crippen LogP contribution in [-0.2, 0) is 4.79 Å². The number of benzene rings is 2. The van der Waals surface area contributed by atoms with E-state index in [4.69, 9.17) is 0 Å². The molecule has 2 aromatic carbocycles. The average Bonchev–Trinajstić information content (AvgIpc) is 2.76. The van der Waals surface area contributed by atoms with Crippen molar-refractivity contribution in [3.05, 3.63) is 60.2 Å². The number of amides is 2. The summed E-state index contributed by atoms with van der Waals surface area (Å²) in [5.74, 6) is 0.696. The second kappa shape index (κ2) is 10.6. The van der Waals surface area contributed by atoms with Crippen molar-refractivity contribution in [2.24, 2.45) is 5.92 Å². The maximum atomic E-state index is 12.2. The third kappa shape index (κ3) is 6.22. The lowest BCUT2D eigenvalue weighted by atomic mass is 9.86. The summed E-state index contributed by atoms with van der Waals surface area (Å²) in [7, 11) is 0. The largest absolute Gasteiger partial charge is 0.354 e. The standard InChI is InChI=1S/C24H30N2O2/c27-23(16-11-19-7-3-1-4-8-19)25-17-18-26-24(28)22-14-12-21(13-15-22)20-9-5-2-6-10-20/h2,5-6,9-10,12-15,19H,1,3-4,7-8,11,16-18H2,(H,25,27)(H,26,28). The van der Waals surface area contributed by atoms with Gasteiger partial charge in [-0.3, -0.25) is 9.59 Å². The summed E-state index contributed by atoms with van der Waals surface area (Å²) in [6.07, 6.45) is 8.09. The van der Waals surface area contributed by atoms with Crippen LogP contribution in [0.25, 0.3) is 11.1 Å². The number of carbonyl (C=O) groups excluding carboxylic acids is 2. The van der Waals surface area contributed by atoms with Crippen molar-refractivity contribution < 1.29 is 9.59 Å². The molecule has 2 N–H and O–H groups in total. The highest BCUT2D eigenvalue weighted by molar-refractivity contribution is 5.94. The Bertz CT molecular complexity index is 750. The van der Waals surface area contributed by atoms with E-state index in [2.05, 4.69) is 10.6 Å². The smallest absolute Gasteiger partial charge is 0.251 e. The molecule has 1 fully saturated rings. The van der Waals surface area contributed by atoms with Gasteiger partial charge < -0.3 is 10.6 Å². The number of hydrogen-bond donors (Lipinski definition) is 2. The van der Waals surface area contributed by atoms with E-state index < -0.39 is 0 Å². The van der Waals surface area contributed by atoms with Crippen LogP contribution < -0.4 is 10.6 Å². The van der Waals surface area contributed by atoms with Crippen molar-refractivity contribution in [1.82, 2.24) is 10.6 Å². The van der Waals surface area contributed by atoms with Gasteiger partial charge in [-0.15, -0.1) is 0 Å². The lowest BCUT2D eigenvalue weighted by Gasteiger charge is -2.20. The van der Waals surface area contributed by atoms with Gasteiger partial charge in [-0.25, -0.2) is 0 Å². The van der Waals surface area contributed by atoms with Crippen molar-refractivity contribution in [1.29, 1.82) is 0 Å². The first-order valence-electron chi connectivity index (χ1n) is 10.4. The number of carbonyl (C=O) groups is 2. The molecule has 4 heteroatoms. The fourth-order valence-corrected chi connectivity index (χ4v) is 3.82. The summed E-state index contributed by atoms with van der Waals surface area (Å²) in [6, 6.07) is 17.7. The molecule has 0 aromatic heterocycles. The molecule has 2 aromatic rings. The van der Waals surface area contributed by atoms with Gasteiger partial charge in [0.15, 0.2) is 0 Å². The van der Waals surface area contributed by atoms with Crippen LogP contribution >= 0.6 is 0 Å². The minimum Gasteiger partial charge on any atom is -0.354 e. The number of rotatable bonds is 8. The predicted octanol–water partition coefficient (Wildman–Crippen LogP) is 4.56. The van der Waals surface area contributed by atoms with Crippen LogP contribution in [0.15, 0.2) is 54.6 Å². The van der Waals surface area contributed by atoms with E-state index in [0.29, 0.717) is 25.1 Å². The van der Waals surface area contributed by atoms with Crippen molar-refractivity contribution in [2.75, 3.05) is 13.1 Å². The van der Waals surface area contributed by atoms with Crippen molar-refractivity contribution in [3.8, 4) is 11.1 Å². The fraction of sp³-hybridized carbons (Fsp3) is 0.417. The Morgan fingerprint density at radius 2 is 1.43 bits per heavy atom. The molecule has 4 nitrogen and oxygen atoms in total. The Balaban J connectivity index is 1.34. The first-order valence-corrected chi connectivity index (χ1v) is 10.4. The second-order valence-electron chi connectivity index (χ2n) is 7.59. The summed E-state index contributed by atoms with van der Waals surface area (Å²) in [5.41, 5.74) is 2.84. The zero-order valence-corrected chi connectivity index (χ0v) is 16.5. The average molecular weight is 379 g/mol. The van der Waals surface area contributed by atoms with E-state index in [1.807, 2.05) is 54.6 Å². The Kier molecular flexibility index (Phi) is 7.65. The van der Waals surface area contributed by atoms with Crippen molar-refractivity contribution in [2.45, 2.75) is 44.9 Å². The molecule has 2 amide bonds. The highest BCUT2D eigenvalue weighted by Crippen LogP contribution is 2.27. The highest BCUT2D eigenvalue weighted by Gasteiger charge is 2.14. The third-order valence-electron chi connectivity index (χ3n) is 5.49. The lowest BCUT2D eigenvalue weighted by Crippen LogP contribution is -2.34. The Morgan fingerprint density at radius 1 is 0.786 bits per heavy atom. The summed E-state index contributed by atoms with van der Waals surface area (Å²) < 4.78 is 0. The molecule has 1 saturated carbocycles. The van der Waals surface area contributed by atoms with Gasteiger partial charge in [-0.1, -0.05) is 74.6 Å². The van der Waals surface area contributed by atoms with E-state index >= 15 is 0 Å². The maximum Gasteiger partial charge on any atom is 0.251 e. The van der Waals surface area contributed by atoms with Crippen LogP contribution in [0, 0.1) is 5.92 Å². The minimum absolute atomic E-state index is 0.0898. The molecule has 0 radical (unpaired) electrons. The molecule has 1 aliphatic carbocycles. The topological polar surface area (TPSA) is 58.2 Å². The third-order valence-corrected chi connectivity index (χ3v) is 5.49. The van der Waals surface area contributed by atoms with Gasteiger partial charge in [0.2, 0.25) is 5.91 Å². The fourth-order valence-electron chi connectivity index (χ4n) is 3.82. The van der Waals surface area contributed by atoms with Crippen LogP contribution in [0.3, 0.4) is 0 Å². The lowest BCUT2D eigenvalue weighted by molar-refractivity contribution is -0.121. The molecule has 0 heterocycles. The molecule has 0 saturated heterocycles. The quantitative estimate of drug-likeness (QED) is 0.662. The molecule has 0 spiro atoms. The van der Waals surface area contributed by atoms with E-state index in [1.54, 1.807) is 0 Å². The Hall–Kier alpha value is -2.62. The normalized spacial score (nSPS) is 14.4. The van der Waals surface area contributed by atoms with Crippen molar-refractivity contribution in [3.63, 3.8) is 0 Å². The van der Waals surface area contributed by atoms with Gasteiger partial charge in [0, 0.05) is 25.1 Å².